The van der Waals surface area contributed by atoms with E-state index in [1.807, 2.05) is 0 Å². The van der Waals surface area contributed by atoms with E-state index in [4.69, 9.17) is 27.9 Å². The van der Waals surface area contributed by atoms with Crippen LogP contribution in [0, 0.1) is 10.1 Å². The Balaban J connectivity index is 2.09. The SMILES string of the molecule is O=Cc1ccc(OCC(=O)Nc2c(Cl)cccc2Cl)c([N+](=O)[O-])c1. The summed E-state index contributed by atoms with van der Waals surface area (Å²) < 4.78 is 5.16. The number of para-hydroxylation sites is 1. The minimum atomic E-state index is -0.703. The first kappa shape index (κ1) is 17.7. The number of benzene rings is 2. The molecule has 0 bridgehead atoms. The standard InChI is InChI=1S/C15H10Cl2N2O5/c16-10-2-1-3-11(17)15(10)18-14(21)8-24-13-5-4-9(7-20)6-12(13)19(22)23/h1-7H,8H2,(H,18,21). The van der Waals surface area contributed by atoms with Crippen LogP contribution in [0.3, 0.4) is 0 Å². The molecule has 2 rings (SSSR count). The second-order valence-corrected chi connectivity index (χ2v) is 5.35. The van der Waals surface area contributed by atoms with Crippen molar-refractivity contribution in [2.24, 2.45) is 0 Å². The maximum Gasteiger partial charge on any atom is 0.311 e. The number of carbonyl (C=O) groups excluding carboxylic acids is 2. The quantitative estimate of drug-likeness (QED) is 0.475. The van der Waals surface area contributed by atoms with Gasteiger partial charge in [0.2, 0.25) is 0 Å². The second kappa shape index (κ2) is 7.76. The van der Waals surface area contributed by atoms with E-state index in [9.17, 15) is 19.7 Å². The monoisotopic (exact) mass is 368 g/mol. The molecule has 1 amide bonds. The summed E-state index contributed by atoms with van der Waals surface area (Å²) in [6.07, 6.45) is 0.475. The fraction of sp³-hybridized carbons (Fsp3) is 0.0667. The molecule has 0 fully saturated rings. The number of anilines is 1. The first-order chi connectivity index (χ1) is 11.4. The normalized spacial score (nSPS) is 10.1. The van der Waals surface area contributed by atoms with Gasteiger partial charge in [-0.1, -0.05) is 29.3 Å². The second-order valence-electron chi connectivity index (χ2n) is 4.54. The number of hydrogen-bond acceptors (Lipinski definition) is 5. The van der Waals surface area contributed by atoms with Crippen LogP contribution in [-0.4, -0.2) is 23.7 Å². The largest absolute Gasteiger partial charge is 0.477 e. The van der Waals surface area contributed by atoms with Gasteiger partial charge in [-0.2, -0.15) is 0 Å². The smallest absolute Gasteiger partial charge is 0.311 e. The predicted molar refractivity (Wildman–Crippen MR) is 89.1 cm³/mol. The summed E-state index contributed by atoms with van der Waals surface area (Å²) in [5, 5.41) is 13.9. The molecule has 0 aliphatic carbocycles. The molecule has 0 aliphatic heterocycles. The van der Waals surface area contributed by atoms with Crippen LogP contribution in [0.1, 0.15) is 10.4 Å². The third kappa shape index (κ3) is 4.21. The number of aldehydes is 1. The van der Waals surface area contributed by atoms with E-state index in [1.165, 1.54) is 12.1 Å². The van der Waals surface area contributed by atoms with Crippen molar-refractivity contribution in [3.63, 3.8) is 0 Å². The molecule has 0 atom stereocenters. The van der Waals surface area contributed by atoms with E-state index in [0.717, 1.165) is 6.07 Å². The van der Waals surface area contributed by atoms with Gasteiger partial charge >= 0.3 is 5.69 Å². The summed E-state index contributed by atoms with van der Waals surface area (Å²) in [5.74, 6) is -0.732. The molecule has 0 saturated carbocycles. The van der Waals surface area contributed by atoms with Gasteiger partial charge in [0.15, 0.2) is 12.4 Å². The minimum Gasteiger partial charge on any atom is -0.477 e. The average Bonchev–Trinajstić information content (AvgIpc) is 2.56. The number of hydrogen-bond donors (Lipinski definition) is 1. The van der Waals surface area contributed by atoms with Gasteiger partial charge in [-0.05, 0) is 24.3 Å². The molecule has 24 heavy (non-hydrogen) atoms. The Morgan fingerprint density at radius 1 is 1.25 bits per heavy atom. The number of carbonyl (C=O) groups is 2. The van der Waals surface area contributed by atoms with Crippen LogP contribution in [0.4, 0.5) is 11.4 Å². The zero-order valence-electron chi connectivity index (χ0n) is 12.0. The number of rotatable bonds is 6. The number of nitrogens with one attached hydrogen (secondary N) is 1. The molecule has 7 nitrogen and oxygen atoms in total. The fourth-order valence-electron chi connectivity index (χ4n) is 1.81. The lowest BCUT2D eigenvalue weighted by Crippen LogP contribution is -2.20. The number of nitro benzene ring substituents is 1. The summed E-state index contributed by atoms with van der Waals surface area (Å²) in [6, 6.07) is 8.37. The molecular formula is C15H10Cl2N2O5. The first-order valence-corrected chi connectivity index (χ1v) is 7.28. The zero-order valence-corrected chi connectivity index (χ0v) is 13.5. The van der Waals surface area contributed by atoms with E-state index in [0.29, 0.717) is 6.29 Å². The molecule has 0 aromatic heterocycles. The Bertz CT molecular complexity index is 790. The molecule has 124 valence electrons. The Labute approximate surface area is 146 Å². The number of halogens is 2. The maximum absolute atomic E-state index is 11.9. The van der Waals surface area contributed by atoms with E-state index < -0.39 is 23.1 Å². The molecule has 0 radical (unpaired) electrons. The van der Waals surface area contributed by atoms with Crippen LogP contribution in [0.15, 0.2) is 36.4 Å². The van der Waals surface area contributed by atoms with Gasteiger partial charge in [-0.3, -0.25) is 19.7 Å². The van der Waals surface area contributed by atoms with Crippen molar-refractivity contribution in [1.29, 1.82) is 0 Å². The van der Waals surface area contributed by atoms with E-state index in [2.05, 4.69) is 5.32 Å². The maximum atomic E-state index is 11.9. The van der Waals surface area contributed by atoms with Gasteiger partial charge < -0.3 is 10.1 Å². The Hall–Kier alpha value is -2.64. The Morgan fingerprint density at radius 2 is 1.92 bits per heavy atom. The average molecular weight is 369 g/mol. The van der Waals surface area contributed by atoms with Crippen molar-refractivity contribution in [3.8, 4) is 5.75 Å². The molecule has 9 heteroatoms. The lowest BCUT2D eigenvalue weighted by Gasteiger charge is -2.10. The van der Waals surface area contributed by atoms with Gasteiger partial charge in [0.1, 0.15) is 6.29 Å². The Morgan fingerprint density at radius 3 is 2.50 bits per heavy atom. The number of nitrogens with zero attached hydrogens (tertiary/aromatic N) is 1. The molecule has 2 aromatic carbocycles. The molecule has 2 aromatic rings. The van der Waals surface area contributed by atoms with Crippen molar-refractivity contribution in [3.05, 3.63) is 62.1 Å². The highest BCUT2D eigenvalue weighted by Gasteiger charge is 2.17. The number of amides is 1. The summed E-state index contributed by atoms with van der Waals surface area (Å²) >= 11 is 11.9. The lowest BCUT2D eigenvalue weighted by molar-refractivity contribution is -0.385. The highest BCUT2D eigenvalue weighted by Crippen LogP contribution is 2.30. The van der Waals surface area contributed by atoms with Gasteiger partial charge in [-0.25, -0.2) is 0 Å². The number of ether oxygens (including phenoxy) is 1. The molecule has 0 unspecified atom stereocenters. The topological polar surface area (TPSA) is 98.5 Å². The van der Waals surface area contributed by atoms with Crippen LogP contribution in [0.2, 0.25) is 10.0 Å². The van der Waals surface area contributed by atoms with Crippen LogP contribution < -0.4 is 10.1 Å². The number of nitro groups is 1. The summed E-state index contributed by atoms with van der Waals surface area (Å²) in [4.78, 5) is 32.9. The molecule has 0 saturated heterocycles. The van der Waals surface area contributed by atoms with Crippen LogP contribution in [-0.2, 0) is 4.79 Å². The summed E-state index contributed by atoms with van der Waals surface area (Å²) in [6.45, 7) is -0.497. The molecule has 0 heterocycles. The van der Waals surface area contributed by atoms with E-state index >= 15 is 0 Å². The highest BCUT2D eigenvalue weighted by molar-refractivity contribution is 6.39. The van der Waals surface area contributed by atoms with Gasteiger partial charge in [0.05, 0.1) is 20.7 Å². The molecule has 0 aliphatic rings. The van der Waals surface area contributed by atoms with Crippen molar-refractivity contribution in [2.45, 2.75) is 0 Å². The third-order valence-electron chi connectivity index (χ3n) is 2.90. The van der Waals surface area contributed by atoms with Crippen LogP contribution >= 0.6 is 23.2 Å². The molecule has 1 N–H and O–H groups in total. The van der Waals surface area contributed by atoms with E-state index in [1.54, 1.807) is 18.2 Å². The zero-order chi connectivity index (χ0) is 17.7. The van der Waals surface area contributed by atoms with Crippen LogP contribution in [0.5, 0.6) is 5.75 Å². The summed E-state index contributed by atoms with van der Waals surface area (Å²) in [7, 11) is 0. The van der Waals surface area contributed by atoms with Crippen molar-refractivity contribution < 1.29 is 19.2 Å². The first-order valence-electron chi connectivity index (χ1n) is 6.52. The van der Waals surface area contributed by atoms with Crippen molar-refractivity contribution in [1.82, 2.24) is 0 Å². The minimum absolute atomic E-state index is 0.126. The van der Waals surface area contributed by atoms with Crippen LogP contribution in [0.25, 0.3) is 0 Å². The molecular weight excluding hydrogens is 359 g/mol. The van der Waals surface area contributed by atoms with E-state index in [-0.39, 0.29) is 27.0 Å². The Kier molecular flexibility index (Phi) is 5.73. The van der Waals surface area contributed by atoms with Gasteiger partial charge in [-0.15, -0.1) is 0 Å². The van der Waals surface area contributed by atoms with Crippen molar-refractivity contribution in [2.75, 3.05) is 11.9 Å². The highest BCUT2D eigenvalue weighted by atomic mass is 35.5. The molecule has 0 spiro atoms. The third-order valence-corrected chi connectivity index (χ3v) is 3.53. The van der Waals surface area contributed by atoms with Crippen molar-refractivity contribution >= 4 is 46.8 Å². The fourth-order valence-corrected chi connectivity index (χ4v) is 2.30. The predicted octanol–water partition coefficient (Wildman–Crippen LogP) is 3.73. The lowest BCUT2D eigenvalue weighted by atomic mass is 10.2. The summed E-state index contributed by atoms with van der Waals surface area (Å²) in [5.41, 5.74) is -0.0650. The van der Waals surface area contributed by atoms with Gasteiger partial charge in [0, 0.05) is 11.6 Å². The van der Waals surface area contributed by atoms with Gasteiger partial charge in [0.25, 0.3) is 5.91 Å².